The molecule has 7 heteroatoms. The third-order valence-electron chi connectivity index (χ3n) is 3.93. The number of amides is 1. The Morgan fingerprint density at radius 3 is 2.25 bits per heavy atom. The molecule has 0 saturated carbocycles. The summed E-state index contributed by atoms with van der Waals surface area (Å²) < 4.78 is 0. The van der Waals surface area contributed by atoms with Gasteiger partial charge in [-0.1, -0.05) is 12.1 Å². The van der Waals surface area contributed by atoms with E-state index in [1.807, 2.05) is 4.90 Å². The molecule has 1 saturated heterocycles. The molecule has 1 heterocycles. The zero-order valence-corrected chi connectivity index (χ0v) is 17.8. The Bertz CT molecular complexity index is 542. The van der Waals surface area contributed by atoms with Crippen molar-refractivity contribution >= 4 is 47.6 Å². The van der Waals surface area contributed by atoms with Crippen molar-refractivity contribution < 1.29 is 4.79 Å². The van der Waals surface area contributed by atoms with E-state index in [-0.39, 0.29) is 29.9 Å². The van der Waals surface area contributed by atoms with Gasteiger partial charge >= 0.3 is 0 Å². The number of guanidine groups is 1. The minimum atomic E-state index is 0. The largest absolute Gasteiger partial charge is 0.357 e. The second-order valence-corrected chi connectivity index (χ2v) is 6.39. The Balaban J connectivity index is 0.00000288. The maximum Gasteiger partial charge on any atom is 0.219 e. The van der Waals surface area contributed by atoms with Gasteiger partial charge in [-0.15, -0.1) is 35.7 Å². The van der Waals surface area contributed by atoms with Crippen molar-refractivity contribution in [2.24, 2.45) is 4.99 Å². The lowest BCUT2D eigenvalue weighted by atomic mass is 10.2. The Morgan fingerprint density at radius 2 is 1.75 bits per heavy atom. The normalized spacial score (nSPS) is 15.0. The van der Waals surface area contributed by atoms with Gasteiger partial charge in [0, 0.05) is 44.5 Å². The van der Waals surface area contributed by atoms with Crippen LogP contribution in [0.1, 0.15) is 19.4 Å². The first-order chi connectivity index (χ1) is 11.1. The molecule has 24 heavy (non-hydrogen) atoms. The molecule has 0 aromatic heterocycles. The number of aliphatic imine (C=N–C) groups is 1. The molecule has 1 amide bonds. The maximum atomic E-state index is 11.4. The van der Waals surface area contributed by atoms with Crippen molar-refractivity contribution in [2.45, 2.75) is 25.3 Å². The first-order valence-electron chi connectivity index (χ1n) is 8.05. The van der Waals surface area contributed by atoms with Crippen LogP contribution in [0.25, 0.3) is 0 Å². The molecule has 0 aliphatic carbocycles. The van der Waals surface area contributed by atoms with Gasteiger partial charge in [-0.3, -0.25) is 4.79 Å². The summed E-state index contributed by atoms with van der Waals surface area (Å²) in [5.41, 5.74) is 1.21. The van der Waals surface area contributed by atoms with Crippen molar-refractivity contribution in [1.29, 1.82) is 0 Å². The monoisotopic (exact) mass is 462 g/mol. The van der Waals surface area contributed by atoms with Gasteiger partial charge in [0.25, 0.3) is 0 Å². The second kappa shape index (κ2) is 10.8. The number of rotatable bonds is 4. The van der Waals surface area contributed by atoms with E-state index in [2.05, 4.69) is 47.7 Å². The number of nitrogens with one attached hydrogen (secondary N) is 1. The van der Waals surface area contributed by atoms with Crippen LogP contribution < -0.4 is 5.32 Å². The van der Waals surface area contributed by atoms with Crippen LogP contribution in [0.4, 0.5) is 0 Å². The van der Waals surface area contributed by atoms with Gasteiger partial charge in [-0.05, 0) is 30.9 Å². The molecule has 1 aromatic rings. The number of thioether (sulfide) groups is 1. The molecule has 1 aliphatic heterocycles. The van der Waals surface area contributed by atoms with Crippen LogP contribution in [-0.2, 0) is 11.3 Å². The molecular weight excluding hydrogens is 435 g/mol. The molecule has 1 aliphatic rings. The van der Waals surface area contributed by atoms with Crippen LogP contribution in [0.15, 0.2) is 34.2 Å². The van der Waals surface area contributed by atoms with Crippen LogP contribution >= 0.6 is 35.7 Å². The summed E-state index contributed by atoms with van der Waals surface area (Å²) in [7, 11) is 0. The van der Waals surface area contributed by atoms with E-state index in [1.165, 1.54) is 10.5 Å². The van der Waals surface area contributed by atoms with Crippen LogP contribution in [0.5, 0.6) is 0 Å². The molecule has 2 rings (SSSR count). The summed E-state index contributed by atoms with van der Waals surface area (Å²) in [5.74, 6) is 1.09. The van der Waals surface area contributed by atoms with Crippen molar-refractivity contribution in [3.05, 3.63) is 29.8 Å². The summed E-state index contributed by atoms with van der Waals surface area (Å²) in [6.45, 7) is 8.42. The van der Waals surface area contributed by atoms with Crippen molar-refractivity contribution in [2.75, 3.05) is 39.0 Å². The summed E-state index contributed by atoms with van der Waals surface area (Å²) in [4.78, 5) is 21.6. The van der Waals surface area contributed by atoms with Gasteiger partial charge in [0.1, 0.15) is 0 Å². The van der Waals surface area contributed by atoms with Crippen molar-refractivity contribution in [3.63, 3.8) is 0 Å². The Labute approximate surface area is 166 Å². The van der Waals surface area contributed by atoms with E-state index in [9.17, 15) is 4.79 Å². The smallest absolute Gasteiger partial charge is 0.219 e. The fourth-order valence-electron chi connectivity index (χ4n) is 2.56. The van der Waals surface area contributed by atoms with Crippen molar-refractivity contribution in [3.8, 4) is 0 Å². The standard InChI is InChI=1S/C17H26N4OS.HI/c1-4-18-17(21-11-9-20(10-12-21)14(2)22)19-13-15-5-7-16(23-3)8-6-15;/h5-8H,4,9-13H2,1-3H3,(H,18,19);1H. The molecule has 134 valence electrons. The predicted molar refractivity (Wildman–Crippen MR) is 112 cm³/mol. The maximum absolute atomic E-state index is 11.4. The Kier molecular flexibility index (Phi) is 9.50. The summed E-state index contributed by atoms with van der Waals surface area (Å²) in [6, 6.07) is 8.53. The number of nitrogens with zero attached hydrogens (tertiary/aromatic N) is 3. The molecule has 0 spiro atoms. The average molecular weight is 462 g/mol. The Morgan fingerprint density at radius 1 is 1.17 bits per heavy atom. The minimum absolute atomic E-state index is 0. The SMILES string of the molecule is CCNC(=NCc1ccc(SC)cc1)N1CCN(C(C)=O)CC1.I. The van der Waals surface area contributed by atoms with E-state index in [4.69, 9.17) is 4.99 Å². The zero-order valence-electron chi connectivity index (χ0n) is 14.6. The van der Waals surface area contributed by atoms with Gasteiger partial charge in [-0.2, -0.15) is 0 Å². The molecular formula is C17H27IN4OS. The van der Waals surface area contributed by atoms with E-state index in [1.54, 1.807) is 18.7 Å². The zero-order chi connectivity index (χ0) is 16.7. The highest BCUT2D eigenvalue weighted by Crippen LogP contribution is 2.15. The number of benzene rings is 1. The third kappa shape index (κ3) is 6.16. The van der Waals surface area contributed by atoms with Gasteiger partial charge in [0.15, 0.2) is 5.96 Å². The molecule has 0 radical (unpaired) electrons. The molecule has 0 bridgehead atoms. The number of carbonyl (C=O) groups is 1. The van der Waals surface area contributed by atoms with E-state index in [0.29, 0.717) is 6.54 Å². The molecule has 5 nitrogen and oxygen atoms in total. The van der Waals surface area contributed by atoms with Crippen LogP contribution in [0.2, 0.25) is 0 Å². The lowest BCUT2D eigenvalue weighted by Crippen LogP contribution is -2.53. The minimum Gasteiger partial charge on any atom is -0.357 e. The van der Waals surface area contributed by atoms with Gasteiger partial charge in [-0.25, -0.2) is 4.99 Å². The first kappa shape index (κ1) is 21.1. The highest BCUT2D eigenvalue weighted by atomic mass is 127. The van der Waals surface area contributed by atoms with Crippen LogP contribution in [0.3, 0.4) is 0 Å². The number of piperazine rings is 1. The lowest BCUT2D eigenvalue weighted by molar-refractivity contribution is -0.130. The van der Waals surface area contributed by atoms with E-state index < -0.39 is 0 Å². The fourth-order valence-corrected chi connectivity index (χ4v) is 2.96. The molecule has 1 fully saturated rings. The second-order valence-electron chi connectivity index (χ2n) is 5.51. The summed E-state index contributed by atoms with van der Waals surface area (Å²) in [5, 5.41) is 3.36. The Hall–Kier alpha value is -0.960. The van der Waals surface area contributed by atoms with E-state index >= 15 is 0 Å². The van der Waals surface area contributed by atoms with Crippen molar-refractivity contribution in [1.82, 2.24) is 15.1 Å². The van der Waals surface area contributed by atoms with Crippen LogP contribution in [-0.4, -0.2) is 60.6 Å². The van der Waals surface area contributed by atoms with Gasteiger partial charge in [0.05, 0.1) is 6.54 Å². The van der Waals surface area contributed by atoms with Gasteiger partial charge < -0.3 is 15.1 Å². The fraction of sp³-hybridized carbons (Fsp3) is 0.529. The number of hydrogen-bond donors (Lipinski definition) is 1. The number of hydrogen-bond acceptors (Lipinski definition) is 3. The molecule has 0 atom stereocenters. The number of halogens is 1. The predicted octanol–water partition coefficient (Wildman–Crippen LogP) is 2.66. The third-order valence-corrected chi connectivity index (χ3v) is 4.67. The highest BCUT2D eigenvalue weighted by molar-refractivity contribution is 14.0. The van der Waals surface area contributed by atoms with E-state index in [0.717, 1.165) is 38.7 Å². The quantitative estimate of drug-likeness (QED) is 0.324. The molecule has 1 N–H and O–H groups in total. The average Bonchev–Trinajstić information content (AvgIpc) is 2.59. The lowest BCUT2D eigenvalue weighted by Gasteiger charge is -2.36. The summed E-state index contributed by atoms with van der Waals surface area (Å²) >= 11 is 1.75. The number of carbonyl (C=O) groups excluding carboxylic acids is 1. The van der Waals surface area contributed by atoms with Gasteiger partial charge in [0.2, 0.25) is 5.91 Å². The topological polar surface area (TPSA) is 47.9 Å². The molecule has 0 unspecified atom stereocenters. The first-order valence-corrected chi connectivity index (χ1v) is 9.28. The highest BCUT2D eigenvalue weighted by Gasteiger charge is 2.20. The molecule has 1 aromatic carbocycles. The van der Waals surface area contributed by atoms with Crippen LogP contribution in [0, 0.1) is 0 Å². The summed E-state index contributed by atoms with van der Waals surface area (Å²) in [6.07, 6.45) is 2.08.